The molecular formula is C11H23NO. The van der Waals surface area contributed by atoms with Crippen LogP contribution in [-0.2, 0) is 0 Å². The van der Waals surface area contributed by atoms with E-state index in [4.69, 9.17) is 0 Å². The van der Waals surface area contributed by atoms with Gasteiger partial charge in [0, 0.05) is 6.61 Å². The first-order chi connectivity index (χ1) is 6.38. The Bertz CT molecular complexity index is 127. The third-order valence-electron chi connectivity index (χ3n) is 3.30. The molecule has 0 amide bonds. The highest BCUT2D eigenvalue weighted by molar-refractivity contribution is 4.74. The molecule has 2 nitrogen and oxygen atoms in total. The second-order valence-corrected chi connectivity index (χ2v) is 4.23. The fraction of sp³-hybridized carbons (Fsp3) is 1.00. The molecule has 0 aromatic heterocycles. The molecule has 1 aliphatic rings. The molecule has 0 aliphatic heterocycles. The van der Waals surface area contributed by atoms with E-state index >= 15 is 0 Å². The van der Waals surface area contributed by atoms with Gasteiger partial charge < -0.3 is 10.4 Å². The molecule has 1 rings (SSSR count). The van der Waals surface area contributed by atoms with Crippen LogP contribution < -0.4 is 5.32 Å². The van der Waals surface area contributed by atoms with Gasteiger partial charge in [-0.15, -0.1) is 0 Å². The van der Waals surface area contributed by atoms with Crippen molar-refractivity contribution in [2.75, 3.05) is 20.2 Å². The standard InChI is InChI=1S/C11H23NO/c1-12-8-4-7-10-5-2-3-6-11(10)9-13/h10-13H,2-9H2,1H3. The van der Waals surface area contributed by atoms with Crippen LogP contribution in [0.4, 0.5) is 0 Å². The van der Waals surface area contributed by atoms with Crippen molar-refractivity contribution in [2.45, 2.75) is 38.5 Å². The lowest BCUT2D eigenvalue weighted by atomic mass is 9.77. The monoisotopic (exact) mass is 185 g/mol. The van der Waals surface area contributed by atoms with Gasteiger partial charge in [-0.2, -0.15) is 0 Å². The van der Waals surface area contributed by atoms with Gasteiger partial charge in [-0.05, 0) is 44.7 Å². The van der Waals surface area contributed by atoms with E-state index in [-0.39, 0.29) is 0 Å². The summed E-state index contributed by atoms with van der Waals surface area (Å²) < 4.78 is 0. The average Bonchev–Trinajstić information content (AvgIpc) is 2.19. The van der Waals surface area contributed by atoms with E-state index < -0.39 is 0 Å². The molecule has 1 fully saturated rings. The van der Waals surface area contributed by atoms with Crippen LogP contribution >= 0.6 is 0 Å². The van der Waals surface area contributed by atoms with Crippen molar-refractivity contribution in [1.29, 1.82) is 0 Å². The summed E-state index contributed by atoms with van der Waals surface area (Å²) in [6.07, 6.45) is 7.86. The van der Waals surface area contributed by atoms with Crippen LogP contribution in [0.3, 0.4) is 0 Å². The average molecular weight is 185 g/mol. The zero-order chi connectivity index (χ0) is 9.52. The van der Waals surface area contributed by atoms with Crippen molar-refractivity contribution in [1.82, 2.24) is 5.32 Å². The first kappa shape index (κ1) is 11.0. The lowest BCUT2D eigenvalue weighted by molar-refractivity contribution is 0.127. The molecule has 0 bridgehead atoms. The Morgan fingerprint density at radius 1 is 1.23 bits per heavy atom. The van der Waals surface area contributed by atoms with E-state index in [9.17, 15) is 5.11 Å². The minimum atomic E-state index is 0.407. The molecule has 2 atom stereocenters. The van der Waals surface area contributed by atoms with Crippen molar-refractivity contribution in [3.63, 3.8) is 0 Å². The predicted molar refractivity (Wildman–Crippen MR) is 55.7 cm³/mol. The number of hydrogen-bond acceptors (Lipinski definition) is 2. The van der Waals surface area contributed by atoms with Gasteiger partial charge in [-0.1, -0.05) is 19.3 Å². The lowest BCUT2D eigenvalue weighted by Crippen LogP contribution is -2.23. The largest absolute Gasteiger partial charge is 0.396 e. The number of aliphatic hydroxyl groups excluding tert-OH is 1. The highest BCUT2D eigenvalue weighted by Gasteiger charge is 2.23. The number of hydrogen-bond donors (Lipinski definition) is 2. The van der Waals surface area contributed by atoms with E-state index in [2.05, 4.69) is 5.32 Å². The first-order valence-electron chi connectivity index (χ1n) is 5.64. The Balaban J connectivity index is 2.19. The number of aliphatic hydroxyl groups is 1. The zero-order valence-electron chi connectivity index (χ0n) is 8.76. The molecule has 0 radical (unpaired) electrons. The molecule has 2 heteroatoms. The van der Waals surface area contributed by atoms with Crippen LogP contribution in [0, 0.1) is 11.8 Å². The summed E-state index contributed by atoms with van der Waals surface area (Å²) in [5.41, 5.74) is 0. The quantitative estimate of drug-likeness (QED) is 0.640. The Morgan fingerprint density at radius 3 is 2.54 bits per heavy atom. The highest BCUT2D eigenvalue weighted by Crippen LogP contribution is 2.32. The first-order valence-corrected chi connectivity index (χ1v) is 5.64. The molecule has 1 aliphatic carbocycles. The molecule has 2 N–H and O–H groups in total. The maximum absolute atomic E-state index is 9.20. The van der Waals surface area contributed by atoms with Crippen LogP contribution in [0.2, 0.25) is 0 Å². The fourth-order valence-corrected chi connectivity index (χ4v) is 2.45. The normalized spacial score (nSPS) is 29.1. The maximum atomic E-state index is 9.20. The van der Waals surface area contributed by atoms with Crippen molar-refractivity contribution >= 4 is 0 Å². The summed E-state index contributed by atoms with van der Waals surface area (Å²) in [5.74, 6) is 1.40. The molecule has 0 aromatic rings. The van der Waals surface area contributed by atoms with Gasteiger partial charge in [0.15, 0.2) is 0 Å². The molecule has 78 valence electrons. The van der Waals surface area contributed by atoms with Crippen molar-refractivity contribution < 1.29 is 5.11 Å². The van der Waals surface area contributed by atoms with Crippen molar-refractivity contribution in [2.24, 2.45) is 11.8 Å². The summed E-state index contributed by atoms with van der Waals surface area (Å²) in [6, 6.07) is 0. The smallest absolute Gasteiger partial charge is 0.0461 e. The second-order valence-electron chi connectivity index (χ2n) is 4.23. The van der Waals surface area contributed by atoms with Crippen molar-refractivity contribution in [3.8, 4) is 0 Å². The topological polar surface area (TPSA) is 32.3 Å². The van der Waals surface area contributed by atoms with Crippen LogP contribution in [0.1, 0.15) is 38.5 Å². The molecule has 0 heterocycles. The van der Waals surface area contributed by atoms with Gasteiger partial charge in [-0.3, -0.25) is 0 Å². The number of nitrogens with one attached hydrogen (secondary N) is 1. The SMILES string of the molecule is CNCCCC1CCCCC1CO. The lowest BCUT2D eigenvalue weighted by Gasteiger charge is -2.30. The molecule has 1 saturated carbocycles. The summed E-state index contributed by atoms with van der Waals surface area (Å²) in [5, 5.41) is 12.4. The molecule has 0 aromatic carbocycles. The molecule has 0 saturated heterocycles. The van der Waals surface area contributed by atoms with Gasteiger partial charge >= 0.3 is 0 Å². The summed E-state index contributed by atoms with van der Waals surface area (Å²) >= 11 is 0. The van der Waals surface area contributed by atoms with Gasteiger partial charge in [0.25, 0.3) is 0 Å². The predicted octanol–water partition coefficient (Wildman–Crippen LogP) is 1.78. The summed E-state index contributed by atoms with van der Waals surface area (Å²) in [4.78, 5) is 0. The molecule has 2 unspecified atom stereocenters. The summed E-state index contributed by atoms with van der Waals surface area (Å²) in [7, 11) is 2.00. The van der Waals surface area contributed by atoms with Gasteiger partial charge in [0.1, 0.15) is 0 Å². The maximum Gasteiger partial charge on any atom is 0.0461 e. The van der Waals surface area contributed by atoms with E-state index in [1.807, 2.05) is 7.05 Å². The van der Waals surface area contributed by atoms with Crippen LogP contribution in [-0.4, -0.2) is 25.3 Å². The number of rotatable bonds is 5. The Labute approximate surface area is 81.7 Å². The Hall–Kier alpha value is -0.0800. The van der Waals surface area contributed by atoms with Crippen LogP contribution in [0.25, 0.3) is 0 Å². The molecule has 13 heavy (non-hydrogen) atoms. The second kappa shape index (κ2) is 6.39. The van der Waals surface area contributed by atoms with E-state index in [1.54, 1.807) is 0 Å². The van der Waals surface area contributed by atoms with E-state index in [0.29, 0.717) is 12.5 Å². The van der Waals surface area contributed by atoms with Gasteiger partial charge in [0.05, 0.1) is 0 Å². The fourth-order valence-electron chi connectivity index (χ4n) is 2.45. The molecule has 0 spiro atoms. The van der Waals surface area contributed by atoms with Gasteiger partial charge in [-0.25, -0.2) is 0 Å². The summed E-state index contributed by atoms with van der Waals surface area (Å²) in [6.45, 7) is 1.53. The Morgan fingerprint density at radius 2 is 1.92 bits per heavy atom. The Kier molecular flexibility index (Phi) is 5.40. The molecular weight excluding hydrogens is 162 g/mol. The van der Waals surface area contributed by atoms with Crippen LogP contribution in [0.5, 0.6) is 0 Å². The highest BCUT2D eigenvalue weighted by atomic mass is 16.3. The van der Waals surface area contributed by atoms with Crippen LogP contribution in [0.15, 0.2) is 0 Å². The minimum absolute atomic E-state index is 0.407. The van der Waals surface area contributed by atoms with Gasteiger partial charge in [0.2, 0.25) is 0 Å². The zero-order valence-corrected chi connectivity index (χ0v) is 8.76. The van der Waals surface area contributed by atoms with E-state index in [1.165, 1.54) is 38.5 Å². The third-order valence-corrected chi connectivity index (χ3v) is 3.30. The minimum Gasteiger partial charge on any atom is -0.396 e. The third kappa shape index (κ3) is 3.65. The van der Waals surface area contributed by atoms with Crippen molar-refractivity contribution in [3.05, 3.63) is 0 Å². The van der Waals surface area contributed by atoms with E-state index in [0.717, 1.165) is 12.5 Å².